The van der Waals surface area contributed by atoms with Gasteiger partial charge in [0.05, 0.1) is 12.7 Å². The van der Waals surface area contributed by atoms with Crippen LogP contribution in [0.4, 0.5) is 0 Å². The van der Waals surface area contributed by atoms with Gasteiger partial charge in [-0.3, -0.25) is 0 Å². The van der Waals surface area contributed by atoms with E-state index in [9.17, 15) is 5.11 Å². The summed E-state index contributed by atoms with van der Waals surface area (Å²) in [6.45, 7) is 5.58. The van der Waals surface area contributed by atoms with E-state index in [1.165, 1.54) is 122 Å². The second-order valence-corrected chi connectivity index (χ2v) is 8.83. The summed E-state index contributed by atoms with van der Waals surface area (Å²) in [5.41, 5.74) is 0. The van der Waals surface area contributed by atoms with Gasteiger partial charge >= 0.3 is 0 Å². The molecule has 0 aliphatic heterocycles. The van der Waals surface area contributed by atoms with Gasteiger partial charge < -0.3 is 9.84 Å². The third kappa shape index (κ3) is 22.2. The van der Waals surface area contributed by atoms with Gasteiger partial charge in [0.15, 0.2) is 0 Å². The van der Waals surface area contributed by atoms with Crippen molar-refractivity contribution in [1.29, 1.82) is 0 Å². The topological polar surface area (TPSA) is 29.5 Å². The minimum absolute atomic E-state index is 0.0765. The Balaban J connectivity index is 3.27. The zero-order valence-corrected chi connectivity index (χ0v) is 19.7. The van der Waals surface area contributed by atoms with Crippen molar-refractivity contribution in [3.8, 4) is 0 Å². The summed E-state index contributed by atoms with van der Waals surface area (Å²) >= 11 is 0. The number of unbranched alkanes of at least 4 members (excludes halogenated alkanes) is 18. The maximum Gasteiger partial charge on any atom is 0.0805 e. The van der Waals surface area contributed by atoms with E-state index >= 15 is 0 Å². The molecule has 1 unspecified atom stereocenters. The van der Waals surface area contributed by atoms with E-state index in [2.05, 4.69) is 13.8 Å². The normalized spacial score (nSPS) is 12.5. The van der Waals surface area contributed by atoms with Gasteiger partial charge in [-0.1, -0.05) is 136 Å². The van der Waals surface area contributed by atoms with E-state index in [1.54, 1.807) is 0 Å². The molecule has 0 bridgehead atoms. The molecule has 0 aromatic rings. The van der Waals surface area contributed by atoms with E-state index in [0.29, 0.717) is 0 Å². The first-order chi connectivity index (χ1) is 13.8. The lowest BCUT2D eigenvalue weighted by atomic mass is 10.0. The first kappa shape index (κ1) is 27.9. The predicted octanol–water partition coefficient (Wildman–Crippen LogP) is 8.60. The van der Waals surface area contributed by atoms with E-state index < -0.39 is 0 Å². The molecule has 2 heteroatoms. The molecule has 1 N–H and O–H groups in total. The Bertz CT molecular complexity index is 267. The second-order valence-electron chi connectivity index (χ2n) is 8.83. The van der Waals surface area contributed by atoms with Crippen molar-refractivity contribution in [1.82, 2.24) is 0 Å². The third-order valence-corrected chi connectivity index (χ3v) is 5.93. The summed E-state index contributed by atoms with van der Waals surface area (Å²) in [7, 11) is 0. The molecular weight excluding hydrogens is 344 g/mol. The molecule has 0 spiro atoms. The molecule has 0 amide bonds. The van der Waals surface area contributed by atoms with Crippen LogP contribution in [-0.4, -0.2) is 24.4 Å². The van der Waals surface area contributed by atoms with Gasteiger partial charge in [0.1, 0.15) is 0 Å². The average Bonchev–Trinajstić information content (AvgIpc) is 2.71. The Morgan fingerprint density at radius 3 is 1.25 bits per heavy atom. The van der Waals surface area contributed by atoms with Crippen molar-refractivity contribution in [2.75, 3.05) is 13.2 Å². The number of rotatable bonds is 24. The summed E-state index contributed by atoms with van der Waals surface area (Å²) in [4.78, 5) is 0. The lowest BCUT2D eigenvalue weighted by molar-refractivity contribution is 0.00497. The molecule has 0 aliphatic rings. The van der Waals surface area contributed by atoms with Crippen molar-refractivity contribution < 1.29 is 9.84 Å². The Morgan fingerprint density at radius 2 is 0.857 bits per heavy atom. The van der Waals surface area contributed by atoms with Crippen molar-refractivity contribution in [2.45, 2.75) is 155 Å². The lowest BCUT2D eigenvalue weighted by Crippen LogP contribution is -2.18. The molecule has 0 aromatic heterocycles. The van der Waals surface area contributed by atoms with E-state index in [4.69, 9.17) is 4.74 Å². The third-order valence-electron chi connectivity index (χ3n) is 5.93. The zero-order chi connectivity index (χ0) is 20.5. The van der Waals surface area contributed by atoms with Gasteiger partial charge in [-0.05, 0) is 12.8 Å². The zero-order valence-electron chi connectivity index (χ0n) is 19.7. The summed E-state index contributed by atoms with van der Waals surface area (Å²) < 4.78 is 5.90. The molecule has 0 saturated carbocycles. The molecular formula is C26H54O2. The smallest absolute Gasteiger partial charge is 0.0805 e. The molecule has 0 saturated heterocycles. The summed E-state index contributed by atoms with van der Waals surface area (Å²) in [5, 5.41) is 9.51. The van der Waals surface area contributed by atoms with Crippen LogP contribution in [-0.2, 0) is 4.74 Å². The predicted molar refractivity (Wildman–Crippen MR) is 125 cm³/mol. The monoisotopic (exact) mass is 398 g/mol. The number of aliphatic hydroxyl groups excluding tert-OH is 1. The van der Waals surface area contributed by atoms with Crippen molar-refractivity contribution >= 4 is 0 Å². The van der Waals surface area contributed by atoms with Gasteiger partial charge in [0, 0.05) is 6.61 Å². The highest BCUT2D eigenvalue weighted by Gasteiger charge is 2.07. The van der Waals surface area contributed by atoms with E-state index in [1.807, 2.05) is 0 Å². The first-order valence-electron chi connectivity index (χ1n) is 13.1. The van der Waals surface area contributed by atoms with Crippen LogP contribution in [0.3, 0.4) is 0 Å². The van der Waals surface area contributed by atoms with Crippen LogP contribution in [0.5, 0.6) is 0 Å². The fourth-order valence-electron chi connectivity index (χ4n) is 3.93. The van der Waals surface area contributed by atoms with Crippen LogP contribution in [0.25, 0.3) is 0 Å². The largest absolute Gasteiger partial charge is 0.394 e. The SMILES string of the molecule is CCCCCCCCCCCCOC(CO)CCCCCCCCCCCC. The molecule has 28 heavy (non-hydrogen) atoms. The number of aliphatic hydroxyl groups is 1. The van der Waals surface area contributed by atoms with Gasteiger partial charge in [-0.25, -0.2) is 0 Å². The van der Waals surface area contributed by atoms with Gasteiger partial charge in [-0.15, -0.1) is 0 Å². The number of ether oxygens (including phenoxy) is 1. The molecule has 0 radical (unpaired) electrons. The second kappa shape index (κ2) is 25.0. The summed E-state index contributed by atoms with van der Waals surface area (Å²) in [6, 6.07) is 0. The lowest BCUT2D eigenvalue weighted by Gasteiger charge is -2.15. The van der Waals surface area contributed by atoms with Crippen LogP contribution in [0, 0.1) is 0 Å². The molecule has 2 nitrogen and oxygen atoms in total. The molecule has 170 valence electrons. The molecule has 0 aliphatic carbocycles. The van der Waals surface area contributed by atoms with Gasteiger partial charge in [-0.2, -0.15) is 0 Å². The highest BCUT2D eigenvalue weighted by Crippen LogP contribution is 2.14. The highest BCUT2D eigenvalue weighted by molar-refractivity contribution is 4.57. The molecule has 1 atom stereocenters. The molecule has 0 fully saturated rings. The minimum Gasteiger partial charge on any atom is -0.394 e. The summed E-state index contributed by atoms with van der Waals surface area (Å²) in [6.07, 6.45) is 28.4. The maximum atomic E-state index is 9.51. The Morgan fingerprint density at radius 1 is 0.500 bits per heavy atom. The minimum atomic E-state index is 0.0765. The Hall–Kier alpha value is -0.0800. The van der Waals surface area contributed by atoms with Crippen LogP contribution in [0.1, 0.15) is 149 Å². The van der Waals surface area contributed by atoms with E-state index in [-0.39, 0.29) is 12.7 Å². The van der Waals surface area contributed by atoms with Crippen molar-refractivity contribution in [3.63, 3.8) is 0 Å². The number of hydrogen-bond acceptors (Lipinski definition) is 2. The number of hydrogen-bond donors (Lipinski definition) is 1. The van der Waals surface area contributed by atoms with Gasteiger partial charge in [0.2, 0.25) is 0 Å². The average molecular weight is 399 g/mol. The first-order valence-corrected chi connectivity index (χ1v) is 13.1. The Kier molecular flexibility index (Phi) is 24.9. The fraction of sp³-hybridized carbons (Fsp3) is 1.00. The quantitative estimate of drug-likeness (QED) is 0.165. The van der Waals surface area contributed by atoms with Crippen LogP contribution < -0.4 is 0 Å². The molecule has 0 heterocycles. The van der Waals surface area contributed by atoms with Crippen LogP contribution >= 0.6 is 0 Å². The Labute approximate surface area is 178 Å². The molecule has 0 aromatic carbocycles. The highest BCUT2D eigenvalue weighted by atomic mass is 16.5. The van der Waals surface area contributed by atoms with Gasteiger partial charge in [0.25, 0.3) is 0 Å². The summed E-state index contributed by atoms with van der Waals surface area (Å²) in [5.74, 6) is 0. The maximum absolute atomic E-state index is 9.51. The van der Waals surface area contributed by atoms with Crippen LogP contribution in [0.2, 0.25) is 0 Å². The standard InChI is InChI=1S/C26H54O2/c1-3-5-7-9-11-13-15-17-19-21-23-26(25-27)28-24-22-20-18-16-14-12-10-8-6-4-2/h26-27H,3-25H2,1-2H3. The van der Waals surface area contributed by atoms with Crippen molar-refractivity contribution in [3.05, 3.63) is 0 Å². The fourth-order valence-corrected chi connectivity index (χ4v) is 3.93. The van der Waals surface area contributed by atoms with Crippen LogP contribution in [0.15, 0.2) is 0 Å². The van der Waals surface area contributed by atoms with Crippen molar-refractivity contribution in [2.24, 2.45) is 0 Å². The van der Waals surface area contributed by atoms with E-state index in [0.717, 1.165) is 19.4 Å². The molecule has 0 rings (SSSR count).